The van der Waals surface area contributed by atoms with E-state index in [2.05, 4.69) is 10.6 Å². The lowest BCUT2D eigenvalue weighted by atomic mass is 9.78. The van der Waals surface area contributed by atoms with Crippen LogP contribution in [-0.4, -0.2) is 17.7 Å². The lowest BCUT2D eigenvalue weighted by Crippen LogP contribution is -2.72. The molecular weight excluding hydrogens is 426 g/mol. The molecule has 0 saturated carbocycles. The van der Waals surface area contributed by atoms with Gasteiger partial charge >= 0.3 is 6.03 Å². The molecule has 174 valence electrons. The van der Waals surface area contributed by atoms with Crippen molar-refractivity contribution in [3.05, 3.63) is 88.5 Å². The summed E-state index contributed by atoms with van der Waals surface area (Å²) < 4.78 is 6.52. The number of carbonyl (C=O) groups excluding carboxylic acids is 2. The summed E-state index contributed by atoms with van der Waals surface area (Å²) in [6, 6.07) is 18.5. The predicted molar refractivity (Wildman–Crippen MR) is 133 cm³/mol. The summed E-state index contributed by atoms with van der Waals surface area (Å²) in [7, 11) is 0. The van der Waals surface area contributed by atoms with Gasteiger partial charge in [-0.25, -0.2) is 4.79 Å². The topological polar surface area (TPSA) is 70.7 Å². The maximum atomic E-state index is 13.9. The average Bonchev–Trinajstić information content (AvgIpc) is 2.77. The first kappa shape index (κ1) is 22.0. The zero-order valence-corrected chi connectivity index (χ0v) is 20.1. The Labute approximate surface area is 199 Å². The number of para-hydroxylation sites is 1. The third kappa shape index (κ3) is 3.41. The highest BCUT2D eigenvalue weighted by atomic mass is 16.5. The van der Waals surface area contributed by atoms with Crippen LogP contribution in [-0.2, 0) is 4.79 Å². The molecule has 2 aliphatic rings. The highest BCUT2D eigenvalue weighted by molar-refractivity contribution is 6.01. The molecule has 5 rings (SSSR count). The van der Waals surface area contributed by atoms with Gasteiger partial charge in [-0.3, -0.25) is 9.69 Å². The predicted octanol–water partition coefficient (Wildman–Crippen LogP) is 5.55. The van der Waals surface area contributed by atoms with Gasteiger partial charge in [-0.2, -0.15) is 0 Å². The van der Waals surface area contributed by atoms with E-state index in [9.17, 15) is 9.59 Å². The molecule has 3 aromatic carbocycles. The number of ether oxygens (including phenoxy) is 1. The summed E-state index contributed by atoms with van der Waals surface area (Å²) in [5.74, 6) is -0.232. The Hall–Kier alpha value is -3.80. The summed E-state index contributed by atoms with van der Waals surface area (Å²) in [5.41, 5.74) is 5.30. The SMILES string of the molecule is Cc1ccc(NC(=O)[C@@H]2[C@H]3NC(=O)N(c4ccc(C)c(C)c4)[C@@]2(C)Oc2ccccc23)c(C)c1. The first-order valence-electron chi connectivity index (χ1n) is 11.5. The largest absolute Gasteiger partial charge is 0.466 e. The monoisotopic (exact) mass is 455 g/mol. The van der Waals surface area contributed by atoms with Gasteiger partial charge in [0.2, 0.25) is 11.6 Å². The van der Waals surface area contributed by atoms with Crippen molar-refractivity contribution in [1.29, 1.82) is 0 Å². The smallest absolute Gasteiger partial charge is 0.325 e. The maximum Gasteiger partial charge on any atom is 0.325 e. The number of hydrogen-bond donors (Lipinski definition) is 2. The summed E-state index contributed by atoms with van der Waals surface area (Å²) in [6.45, 7) is 9.86. The molecule has 1 saturated heterocycles. The van der Waals surface area contributed by atoms with E-state index in [1.165, 1.54) is 0 Å². The number of benzene rings is 3. The minimum atomic E-state index is -1.23. The van der Waals surface area contributed by atoms with Crippen LogP contribution in [0.5, 0.6) is 5.75 Å². The number of urea groups is 1. The van der Waals surface area contributed by atoms with Gasteiger partial charge in [0.15, 0.2) is 0 Å². The first-order chi connectivity index (χ1) is 16.2. The Kier molecular flexibility index (Phi) is 5.12. The van der Waals surface area contributed by atoms with E-state index in [1.54, 1.807) is 4.90 Å². The van der Waals surface area contributed by atoms with E-state index in [0.717, 1.165) is 33.5 Å². The van der Waals surface area contributed by atoms with Gasteiger partial charge in [0.25, 0.3) is 0 Å². The fourth-order valence-electron chi connectivity index (χ4n) is 5.15. The van der Waals surface area contributed by atoms with Crippen LogP contribution in [0.2, 0.25) is 0 Å². The molecule has 3 aromatic rings. The maximum absolute atomic E-state index is 13.9. The molecule has 2 aliphatic heterocycles. The van der Waals surface area contributed by atoms with E-state index < -0.39 is 17.7 Å². The zero-order chi connectivity index (χ0) is 24.2. The minimum absolute atomic E-state index is 0.206. The van der Waals surface area contributed by atoms with E-state index in [0.29, 0.717) is 11.4 Å². The number of rotatable bonds is 3. The van der Waals surface area contributed by atoms with Crippen molar-refractivity contribution in [2.75, 3.05) is 10.2 Å². The molecule has 1 fully saturated rings. The Bertz CT molecular complexity index is 1320. The highest BCUT2D eigenvalue weighted by Crippen LogP contribution is 2.49. The van der Waals surface area contributed by atoms with Gasteiger partial charge in [-0.15, -0.1) is 0 Å². The molecule has 6 nitrogen and oxygen atoms in total. The Balaban J connectivity index is 1.62. The van der Waals surface area contributed by atoms with Gasteiger partial charge in [0.1, 0.15) is 11.7 Å². The number of anilines is 2. The fraction of sp³-hybridized carbons (Fsp3) is 0.286. The standard InChI is InChI=1S/C28H29N3O3/c1-16-10-13-22(19(4)14-16)29-26(32)24-25-21-8-6-7-9-23(21)34-28(24,5)31(27(33)30-25)20-12-11-17(2)18(3)15-20/h6-15,24-25H,1-5H3,(H,29,32)(H,30,33)/t24-,25-,28-/m0/s1. The summed E-state index contributed by atoms with van der Waals surface area (Å²) in [4.78, 5) is 28.9. The van der Waals surface area contributed by atoms with Gasteiger partial charge in [0, 0.05) is 16.9 Å². The first-order valence-corrected chi connectivity index (χ1v) is 11.5. The van der Waals surface area contributed by atoms with E-state index in [4.69, 9.17) is 4.74 Å². The number of nitrogens with zero attached hydrogens (tertiary/aromatic N) is 1. The summed E-state index contributed by atoms with van der Waals surface area (Å²) in [6.07, 6.45) is 0. The number of carbonyl (C=O) groups is 2. The molecular formula is C28H29N3O3. The molecule has 0 spiro atoms. The fourth-order valence-corrected chi connectivity index (χ4v) is 5.15. The zero-order valence-electron chi connectivity index (χ0n) is 20.1. The second-order valence-electron chi connectivity index (χ2n) is 9.51. The lowest BCUT2D eigenvalue weighted by Gasteiger charge is -2.54. The van der Waals surface area contributed by atoms with Crippen molar-refractivity contribution in [2.24, 2.45) is 5.92 Å². The minimum Gasteiger partial charge on any atom is -0.466 e. The molecule has 3 amide bonds. The van der Waals surface area contributed by atoms with Crippen molar-refractivity contribution < 1.29 is 14.3 Å². The lowest BCUT2D eigenvalue weighted by molar-refractivity contribution is -0.131. The second kappa shape index (κ2) is 7.90. The second-order valence-corrected chi connectivity index (χ2v) is 9.51. The molecule has 0 aliphatic carbocycles. The third-order valence-corrected chi connectivity index (χ3v) is 7.08. The Morgan fingerprint density at radius 3 is 2.47 bits per heavy atom. The van der Waals surface area contributed by atoms with Crippen LogP contribution in [0.4, 0.5) is 16.2 Å². The molecule has 3 atom stereocenters. The molecule has 0 unspecified atom stereocenters. The molecule has 2 heterocycles. The van der Waals surface area contributed by atoms with Crippen molar-refractivity contribution in [3.63, 3.8) is 0 Å². The van der Waals surface area contributed by atoms with Crippen molar-refractivity contribution in [2.45, 2.75) is 46.4 Å². The number of fused-ring (bicyclic) bond motifs is 4. The number of amides is 3. The van der Waals surface area contributed by atoms with Crippen LogP contribution in [0.3, 0.4) is 0 Å². The number of nitrogens with one attached hydrogen (secondary N) is 2. The van der Waals surface area contributed by atoms with Crippen LogP contribution < -0.4 is 20.3 Å². The van der Waals surface area contributed by atoms with Crippen LogP contribution in [0, 0.1) is 33.6 Å². The van der Waals surface area contributed by atoms with E-state index in [-0.39, 0.29) is 11.9 Å². The van der Waals surface area contributed by atoms with Crippen molar-refractivity contribution >= 4 is 23.3 Å². The molecule has 6 heteroatoms. The van der Waals surface area contributed by atoms with E-state index in [1.807, 2.05) is 95.3 Å². The van der Waals surface area contributed by atoms with Crippen LogP contribution in [0.1, 0.15) is 40.8 Å². The van der Waals surface area contributed by atoms with Gasteiger partial charge in [0.05, 0.1) is 6.04 Å². The average molecular weight is 456 g/mol. The Morgan fingerprint density at radius 1 is 0.971 bits per heavy atom. The van der Waals surface area contributed by atoms with Crippen LogP contribution in [0.15, 0.2) is 60.7 Å². The van der Waals surface area contributed by atoms with Gasteiger partial charge in [-0.05, 0) is 75.6 Å². The number of aryl methyl sites for hydroxylation is 4. The van der Waals surface area contributed by atoms with Crippen LogP contribution in [0.25, 0.3) is 0 Å². The van der Waals surface area contributed by atoms with E-state index >= 15 is 0 Å². The molecule has 2 N–H and O–H groups in total. The highest BCUT2D eigenvalue weighted by Gasteiger charge is 2.60. The number of hydrogen-bond acceptors (Lipinski definition) is 3. The third-order valence-electron chi connectivity index (χ3n) is 7.08. The van der Waals surface area contributed by atoms with Gasteiger partial charge in [-0.1, -0.05) is 42.0 Å². The normalized spacial score (nSPS) is 23.0. The van der Waals surface area contributed by atoms with Crippen LogP contribution >= 0.6 is 0 Å². The van der Waals surface area contributed by atoms with Gasteiger partial charge < -0.3 is 15.4 Å². The molecule has 0 radical (unpaired) electrons. The molecule has 0 aromatic heterocycles. The summed E-state index contributed by atoms with van der Waals surface area (Å²) in [5, 5.41) is 6.20. The summed E-state index contributed by atoms with van der Waals surface area (Å²) >= 11 is 0. The van der Waals surface area contributed by atoms with Crippen molar-refractivity contribution in [1.82, 2.24) is 5.32 Å². The molecule has 34 heavy (non-hydrogen) atoms. The van der Waals surface area contributed by atoms with Crippen molar-refractivity contribution in [3.8, 4) is 5.75 Å². The Morgan fingerprint density at radius 2 is 1.74 bits per heavy atom. The molecule has 2 bridgehead atoms. The quantitative estimate of drug-likeness (QED) is 0.544.